The zero-order valence-electron chi connectivity index (χ0n) is 23.1. The Morgan fingerprint density at radius 2 is 1.57 bits per heavy atom. The number of carbonyl (C=O) groups excluding carboxylic acids is 2. The maximum Gasteiger partial charge on any atom is 0.410 e. The van der Waals surface area contributed by atoms with Gasteiger partial charge in [0.05, 0.1) is 28.7 Å². The monoisotopic (exact) mass is 611 g/mol. The quantitative estimate of drug-likeness (QED) is 0.317. The Morgan fingerprint density at radius 3 is 2.24 bits per heavy atom. The van der Waals surface area contributed by atoms with Crippen molar-refractivity contribution >= 4 is 40.9 Å². The SMILES string of the molecule is O=C1COC(CCN2CCC(c3ccc(F)cc3)(N3CCOC3=O)CC2)(c2ccc(Cl)c(Cl)c2)CN1c1ccccc1. The molecule has 3 aromatic rings. The van der Waals surface area contributed by atoms with Gasteiger partial charge in [-0.1, -0.05) is 59.6 Å². The van der Waals surface area contributed by atoms with Crippen LogP contribution in [0.3, 0.4) is 0 Å². The third-order valence-corrected chi connectivity index (χ3v) is 9.61. The van der Waals surface area contributed by atoms with Crippen molar-refractivity contribution < 1.29 is 23.5 Å². The summed E-state index contributed by atoms with van der Waals surface area (Å²) < 4.78 is 25.5. The maximum absolute atomic E-state index is 13.8. The lowest BCUT2D eigenvalue weighted by molar-refractivity contribution is -0.141. The molecule has 0 bridgehead atoms. The molecule has 0 spiro atoms. The van der Waals surface area contributed by atoms with E-state index >= 15 is 0 Å². The topological polar surface area (TPSA) is 62.3 Å². The van der Waals surface area contributed by atoms with Crippen molar-refractivity contribution in [2.45, 2.75) is 30.4 Å². The molecule has 0 radical (unpaired) electrons. The molecule has 3 saturated heterocycles. The predicted molar refractivity (Wildman–Crippen MR) is 159 cm³/mol. The number of cyclic esters (lactones) is 1. The Bertz CT molecular complexity index is 1450. The van der Waals surface area contributed by atoms with Crippen LogP contribution in [0, 0.1) is 5.82 Å². The van der Waals surface area contributed by atoms with Gasteiger partial charge in [0.2, 0.25) is 0 Å². The fourth-order valence-electron chi connectivity index (χ4n) is 6.50. The molecular formula is C32H32Cl2FN3O4. The van der Waals surface area contributed by atoms with Crippen molar-refractivity contribution in [3.63, 3.8) is 0 Å². The summed E-state index contributed by atoms with van der Waals surface area (Å²) in [5, 5.41) is 0.885. The first-order chi connectivity index (χ1) is 20.3. The van der Waals surface area contributed by atoms with Crippen molar-refractivity contribution in [1.29, 1.82) is 0 Å². The highest BCUT2D eigenvalue weighted by Gasteiger charge is 2.47. The molecule has 3 fully saturated rings. The van der Waals surface area contributed by atoms with Crippen LogP contribution in [0.2, 0.25) is 10.0 Å². The first-order valence-electron chi connectivity index (χ1n) is 14.2. The first-order valence-corrected chi connectivity index (χ1v) is 14.9. The second kappa shape index (κ2) is 11.8. The summed E-state index contributed by atoms with van der Waals surface area (Å²) >= 11 is 12.7. The fourth-order valence-corrected chi connectivity index (χ4v) is 6.80. The number of nitrogens with zero attached hydrogens (tertiary/aromatic N) is 3. The number of anilines is 1. The van der Waals surface area contributed by atoms with E-state index in [0.717, 1.165) is 29.9 Å². The zero-order chi connectivity index (χ0) is 29.3. The molecule has 3 aliphatic heterocycles. The minimum absolute atomic E-state index is 0.0557. The summed E-state index contributed by atoms with van der Waals surface area (Å²) in [4.78, 5) is 31.6. The standard InChI is InChI=1S/C32H32Cl2FN3O4/c33-27-11-8-24(20-28(27)34)32(22-37(29(39)21-42-32)26-4-2-1-3-5-26)14-17-36-15-12-31(13-16-36,38-18-19-41-30(38)40)23-6-9-25(35)10-7-23/h1-11,20H,12-19,21-22H2. The van der Waals surface area contributed by atoms with Crippen LogP contribution in [0.5, 0.6) is 0 Å². The molecule has 0 saturated carbocycles. The normalized spacial score (nSPS) is 22.8. The van der Waals surface area contributed by atoms with Gasteiger partial charge in [-0.3, -0.25) is 9.69 Å². The Balaban J connectivity index is 1.24. The predicted octanol–water partition coefficient (Wildman–Crippen LogP) is 6.22. The third kappa shape index (κ3) is 5.49. The third-order valence-electron chi connectivity index (χ3n) is 8.87. The number of halogens is 3. The zero-order valence-corrected chi connectivity index (χ0v) is 24.6. The van der Waals surface area contributed by atoms with E-state index in [2.05, 4.69) is 4.90 Å². The lowest BCUT2D eigenvalue weighted by Crippen LogP contribution is -2.56. The minimum atomic E-state index is -0.803. The van der Waals surface area contributed by atoms with Crippen LogP contribution in [-0.4, -0.2) is 67.7 Å². The van der Waals surface area contributed by atoms with E-state index in [4.69, 9.17) is 32.7 Å². The van der Waals surface area contributed by atoms with E-state index in [1.165, 1.54) is 12.1 Å². The van der Waals surface area contributed by atoms with Crippen LogP contribution in [0.25, 0.3) is 0 Å². The molecule has 1 atom stereocenters. The number of hydrogen-bond acceptors (Lipinski definition) is 5. The summed E-state index contributed by atoms with van der Waals surface area (Å²) in [5.41, 5.74) is 1.24. The summed E-state index contributed by atoms with van der Waals surface area (Å²) in [6.07, 6.45) is 1.65. The molecule has 10 heteroatoms. The molecule has 0 N–H and O–H groups in total. The number of rotatable bonds is 7. The highest BCUT2D eigenvalue weighted by Crippen LogP contribution is 2.42. The molecule has 42 heavy (non-hydrogen) atoms. The van der Waals surface area contributed by atoms with Gasteiger partial charge in [0.15, 0.2) is 0 Å². The smallest absolute Gasteiger partial charge is 0.410 e. The van der Waals surface area contributed by atoms with Gasteiger partial charge < -0.3 is 19.3 Å². The van der Waals surface area contributed by atoms with Crippen LogP contribution in [0.4, 0.5) is 14.9 Å². The van der Waals surface area contributed by atoms with E-state index in [1.54, 1.807) is 23.1 Å². The van der Waals surface area contributed by atoms with E-state index < -0.39 is 11.1 Å². The van der Waals surface area contributed by atoms with Crippen molar-refractivity contribution in [1.82, 2.24) is 9.80 Å². The lowest BCUT2D eigenvalue weighted by Gasteiger charge is -2.48. The molecule has 3 aromatic carbocycles. The molecule has 3 aliphatic rings. The van der Waals surface area contributed by atoms with Crippen molar-refractivity contribution in [2.75, 3.05) is 50.8 Å². The van der Waals surface area contributed by atoms with Crippen LogP contribution in [-0.2, 0) is 25.4 Å². The second-order valence-electron chi connectivity index (χ2n) is 11.1. The fraction of sp³-hybridized carbons (Fsp3) is 0.375. The molecule has 6 rings (SSSR count). The summed E-state index contributed by atoms with van der Waals surface area (Å²) in [7, 11) is 0. The highest BCUT2D eigenvalue weighted by atomic mass is 35.5. The number of ether oxygens (including phenoxy) is 2. The van der Waals surface area contributed by atoms with Crippen LogP contribution >= 0.6 is 23.2 Å². The van der Waals surface area contributed by atoms with Crippen molar-refractivity contribution in [3.05, 3.63) is 99.8 Å². The Hall–Kier alpha value is -3.17. The molecule has 7 nitrogen and oxygen atoms in total. The number of hydrogen-bond donors (Lipinski definition) is 0. The van der Waals surface area contributed by atoms with Gasteiger partial charge in [-0.25, -0.2) is 9.18 Å². The molecule has 3 heterocycles. The van der Waals surface area contributed by atoms with Gasteiger partial charge in [-0.2, -0.15) is 0 Å². The van der Waals surface area contributed by atoms with E-state index in [0.29, 0.717) is 55.5 Å². The van der Waals surface area contributed by atoms with Crippen LogP contribution in [0.1, 0.15) is 30.4 Å². The summed E-state index contributed by atoms with van der Waals surface area (Å²) in [5.74, 6) is -0.408. The maximum atomic E-state index is 13.8. The minimum Gasteiger partial charge on any atom is -0.448 e. The Labute approximate surface area is 254 Å². The van der Waals surface area contributed by atoms with Gasteiger partial charge in [0.25, 0.3) is 5.91 Å². The average Bonchev–Trinajstić information content (AvgIpc) is 3.45. The van der Waals surface area contributed by atoms with Gasteiger partial charge in [-0.05, 0) is 66.8 Å². The van der Waals surface area contributed by atoms with Gasteiger partial charge in [0.1, 0.15) is 24.6 Å². The number of piperidine rings is 1. The largest absolute Gasteiger partial charge is 0.448 e. The molecule has 0 aromatic heterocycles. The number of para-hydroxylation sites is 1. The molecule has 1 unspecified atom stereocenters. The van der Waals surface area contributed by atoms with E-state index in [-0.39, 0.29) is 24.4 Å². The number of morpholine rings is 1. The number of carbonyl (C=O) groups is 2. The van der Waals surface area contributed by atoms with E-state index in [1.807, 2.05) is 47.4 Å². The van der Waals surface area contributed by atoms with Gasteiger partial charge in [0, 0.05) is 25.3 Å². The Kier molecular flexibility index (Phi) is 8.16. The number of likely N-dealkylation sites (tertiary alicyclic amines) is 1. The molecule has 2 amide bonds. The molecule has 220 valence electrons. The summed E-state index contributed by atoms with van der Waals surface area (Å²) in [6, 6.07) is 21.6. The van der Waals surface area contributed by atoms with Crippen LogP contribution < -0.4 is 4.90 Å². The van der Waals surface area contributed by atoms with Crippen LogP contribution in [0.15, 0.2) is 72.8 Å². The van der Waals surface area contributed by atoms with Crippen molar-refractivity contribution in [3.8, 4) is 0 Å². The second-order valence-corrected chi connectivity index (χ2v) is 11.9. The number of amides is 2. The highest BCUT2D eigenvalue weighted by molar-refractivity contribution is 6.42. The molecular weight excluding hydrogens is 580 g/mol. The van der Waals surface area contributed by atoms with E-state index in [9.17, 15) is 14.0 Å². The van der Waals surface area contributed by atoms with Crippen molar-refractivity contribution in [2.24, 2.45) is 0 Å². The Morgan fingerprint density at radius 1 is 0.857 bits per heavy atom. The number of benzene rings is 3. The first kappa shape index (κ1) is 28.9. The summed E-state index contributed by atoms with van der Waals surface area (Å²) in [6.45, 7) is 3.28. The lowest BCUT2D eigenvalue weighted by atomic mass is 9.79. The van der Waals surface area contributed by atoms with Gasteiger partial charge >= 0.3 is 6.09 Å². The average molecular weight is 613 g/mol. The molecule has 0 aliphatic carbocycles. The van der Waals surface area contributed by atoms with Gasteiger partial charge in [-0.15, -0.1) is 0 Å².